The fourth-order valence-electron chi connectivity index (χ4n) is 2.93. The Labute approximate surface area is 177 Å². The van der Waals surface area contributed by atoms with Gasteiger partial charge >= 0.3 is 5.97 Å². The lowest BCUT2D eigenvalue weighted by molar-refractivity contribution is -0.140. The van der Waals surface area contributed by atoms with Crippen LogP contribution in [0.15, 0.2) is 36.4 Å². The maximum Gasteiger partial charge on any atom is 0.314 e. The number of nitrogens with zero attached hydrogens (tertiary/aromatic N) is 1. The molecule has 2 aromatic carbocycles. The molecule has 2 fully saturated rings. The SMILES string of the molecule is N#CC1(c2ccc(Cl)c(Cl)c2)CC1.O=C(O)C1(c2ccc(Cl)c(Cl)c2)CC1. The molecule has 0 aromatic heterocycles. The number of benzene rings is 2. The van der Waals surface area contributed by atoms with Gasteiger partial charge in [-0.1, -0.05) is 58.5 Å². The third-order valence-corrected chi connectivity index (χ3v) is 6.55. The topological polar surface area (TPSA) is 61.1 Å². The summed E-state index contributed by atoms with van der Waals surface area (Å²) in [4.78, 5) is 11.0. The van der Waals surface area contributed by atoms with E-state index in [9.17, 15) is 4.79 Å². The summed E-state index contributed by atoms with van der Waals surface area (Å²) in [5, 5.41) is 19.9. The van der Waals surface area contributed by atoms with Crippen molar-refractivity contribution in [3.8, 4) is 6.07 Å². The fourth-order valence-corrected chi connectivity index (χ4v) is 3.52. The summed E-state index contributed by atoms with van der Waals surface area (Å²) in [6, 6.07) is 12.7. The van der Waals surface area contributed by atoms with Crippen molar-refractivity contribution in [1.29, 1.82) is 5.26 Å². The van der Waals surface area contributed by atoms with Crippen LogP contribution >= 0.6 is 46.4 Å². The van der Waals surface area contributed by atoms with E-state index in [0.717, 1.165) is 24.0 Å². The summed E-state index contributed by atoms with van der Waals surface area (Å²) in [5.74, 6) is -0.782. The second-order valence-corrected chi connectivity index (χ2v) is 8.47. The second kappa shape index (κ2) is 7.53. The molecule has 2 aliphatic rings. The number of halogens is 4. The average molecular weight is 443 g/mol. The van der Waals surface area contributed by atoms with E-state index in [2.05, 4.69) is 6.07 Å². The summed E-state index contributed by atoms with van der Waals surface area (Å²) in [6.45, 7) is 0. The highest BCUT2D eigenvalue weighted by molar-refractivity contribution is 6.42. The van der Waals surface area contributed by atoms with Gasteiger partial charge in [-0.3, -0.25) is 4.79 Å². The Morgan fingerprint density at radius 2 is 1.33 bits per heavy atom. The summed E-state index contributed by atoms with van der Waals surface area (Å²) in [6.07, 6.45) is 3.23. The first kappa shape index (κ1) is 20.3. The second-order valence-electron chi connectivity index (χ2n) is 6.84. The van der Waals surface area contributed by atoms with Crippen LogP contribution in [0.5, 0.6) is 0 Å². The van der Waals surface area contributed by atoms with Crippen molar-refractivity contribution in [2.75, 3.05) is 0 Å². The van der Waals surface area contributed by atoms with Crippen LogP contribution in [-0.2, 0) is 15.6 Å². The molecular formula is C20H15Cl4NO2. The van der Waals surface area contributed by atoms with Crippen molar-refractivity contribution in [3.05, 3.63) is 67.6 Å². The molecule has 2 aliphatic carbocycles. The fraction of sp³-hybridized carbons (Fsp3) is 0.300. The number of nitriles is 1. The first-order valence-corrected chi connectivity index (χ1v) is 9.81. The van der Waals surface area contributed by atoms with Gasteiger partial charge in [0, 0.05) is 0 Å². The number of aliphatic carboxylic acids is 1. The minimum absolute atomic E-state index is 0.270. The van der Waals surface area contributed by atoms with Gasteiger partial charge in [0.2, 0.25) is 0 Å². The van der Waals surface area contributed by atoms with Gasteiger partial charge < -0.3 is 5.11 Å². The summed E-state index contributed by atoms with van der Waals surface area (Å²) in [7, 11) is 0. The number of hydrogen-bond donors (Lipinski definition) is 1. The summed E-state index contributed by atoms with van der Waals surface area (Å²) < 4.78 is 0. The maximum atomic E-state index is 11.0. The Bertz CT molecular complexity index is 943. The molecule has 3 nitrogen and oxygen atoms in total. The van der Waals surface area contributed by atoms with Crippen LogP contribution in [-0.4, -0.2) is 11.1 Å². The predicted molar refractivity (Wildman–Crippen MR) is 108 cm³/mol. The van der Waals surface area contributed by atoms with Crippen LogP contribution in [0.4, 0.5) is 0 Å². The zero-order valence-electron chi connectivity index (χ0n) is 14.1. The van der Waals surface area contributed by atoms with Crippen molar-refractivity contribution < 1.29 is 9.90 Å². The lowest BCUT2D eigenvalue weighted by Gasteiger charge is -2.10. The molecule has 0 unspecified atom stereocenters. The molecule has 4 rings (SSSR count). The van der Waals surface area contributed by atoms with Crippen molar-refractivity contribution in [2.24, 2.45) is 0 Å². The van der Waals surface area contributed by atoms with E-state index in [0.29, 0.717) is 32.9 Å². The molecular weight excluding hydrogens is 428 g/mol. The predicted octanol–water partition coefficient (Wildman–Crippen LogP) is 6.66. The van der Waals surface area contributed by atoms with Gasteiger partial charge in [0.15, 0.2) is 0 Å². The van der Waals surface area contributed by atoms with Gasteiger partial charge in [-0.25, -0.2) is 0 Å². The molecule has 2 aromatic rings. The highest BCUT2D eigenvalue weighted by Crippen LogP contribution is 2.49. The monoisotopic (exact) mass is 441 g/mol. The van der Waals surface area contributed by atoms with E-state index in [1.165, 1.54) is 0 Å². The van der Waals surface area contributed by atoms with Crippen LogP contribution in [0.2, 0.25) is 20.1 Å². The number of rotatable bonds is 3. The third-order valence-electron chi connectivity index (χ3n) is 5.07. The van der Waals surface area contributed by atoms with Gasteiger partial charge in [0.25, 0.3) is 0 Å². The van der Waals surface area contributed by atoms with E-state index < -0.39 is 11.4 Å². The molecule has 7 heteroatoms. The standard InChI is InChI=1S/C10H7Cl2N.C10H8Cl2O2/c11-8-2-1-7(5-9(8)12)10(6-13)3-4-10;11-7-2-1-6(5-8(7)12)10(3-4-10)9(13)14/h1-2,5H,3-4H2;1-2,5H,3-4H2,(H,13,14). The van der Waals surface area contributed by atoms with E-state index >= 15 is 0 Å². The number of carboxylic acid groups (broad SMARTS) is 1. The lowest BCUT2D eigenvalue weighted by Crippen LogP contribution is -2.19. The lowest BCUT2D eigenvalue weighted by atomic mass is 9.96. The number of carboxylic acids is 1. The van der Waals surface area contributed by atoms with Crippen LogP contribution in [0.1, 0.15) is 36.8 Å². The van der Waals surface area contributed by atoms with Crippen LogP contribution in [0.25, 0.3) is 0 Å². The minimum Gasteiger partial charge on any atom is -0.481 e. The van der Waals surface area contributed by atoms with Gasteiger partial charge in [0.05, 0.1) is 37.0 Å². The molecule has 0 heterocycles. The van der Waals surface area contributed by atoms with Crippen LogP contribution in [0.3, 0.4) is 0 Å². The maximum absolute atomic E-state index is 11.0. The van der Waals surface area contributed by atoms with Gasteiger partial charge in [-0.05, 0) is 61.1 Å². The van der Waals surface area contributed by atoms with Crippen molar-refractivity contribution >= 4 is 52.4 Å². The molecule has 0 atom stereocenters. The molecule has 0 bridgehead atoms. The Morgan fingerprint density at radius 1 is 0.852 bits per heavy atom. The van der Waals surface area contributed by atoms with Crippen LogP contribution < -0.4 is 0 Å². The third kappa shape index (κ3) is 4.05. The molecule has 0 spiro atoms. The molecule has 0 amide bonds. The summed E-state index contributed by atoms with van der Waals surface area (Å²) in [5.41, 5.74) is 0.770. The van der Waals surface area contributed by atoms with E-state index in [1.807, 2.05) is 6.07 Å². The van der Waals surface area contributed by atoms with Gasteiger partial charge in [-0.15, -0.1) is 0 Å². The molecule has 27 heavy (non-hydrogen) atoms. The highest BCUT2D eigenvalue weighted by Gasteiger charge is 2.51. The van der Waals surface area contributed by atoms with Crippen molar-refractivity contribution in [3.63, 3.8) is 0 Å². The quantitative estimate of drug-likeness (QED) is 0.578. The van der Waals surface area contributed by atoms with E-state index in [4.69, 9.17) is 56.8 Å². The Balaban J connectivity index is 0.000000156. The largest absolute Gasteiger partial charge is 0.481 e. The Morgan fingerprint density at radius 3 is 1.70 bits per heavy atom. The Hall–Kier alpha value is -1.44. The molecule has 140 valence electrons. The van der Waals surface area contributed by atoms with Gasteiger partial charge in [0.1, 0.15) is 0 Å². The minimum atomic E-state index is -0.782. The first-order chi connectivity index (χ1) is 12.7. The van der Waals surface area contributed by atoms with Gasteiger partial charge in [-0.2, -0.15) is 5.26 Å². The van der Waals surface area contributed by atoms with Crippen molar-refractivity contribution in [2.45, 2.75) is 36.5 Å². The normalized spacial score (nSPS) is 17.9. The molecule has 0 aliphatic heterocycles. The molecule has 1 N–H and O–H groups in total. The molecule has 0 saturated heterocycles. The highest BCUT2D eigenvalue weighted by atomic mass is 35.5. The number of carbonyl (C=O) groups is 1. The first-order valence-electron chi connectivity index (χ1n) is 8.30. The molecule has 2 saturated carbocycles. The zero-order valence-corrected chi connectivity index (χ0v) is 17.1. The smallest absolute Gasteiger partial charge is 0.314 e. The summed E-state index contributed by atoms with van der Waals surface area (Å²) >= 11 is 23.2. The number of hydrogen-bond acceptors (Lipinski definition) is 2. The Kier molecular flexibility index (Phi) is 5.66. The zero-order chi connectivity index (χ0) is 19.8. The van der Waals surface area contributed by atoms with E-state index in [-0.39, 0.29) is 5.41 Å². The van der Waals surface area contributed by atoms with Crippen molar-refractivity contribution in [1.82, 2.24) is 0 Å². The van der Waals surface area contributed by atoms with Crippen LogP contribution in [0, 0.1) is 11.3 Å². The average Bonchev–Trinajstić information content (AvgIpc) is 3.54. The van der Waals surface area contributed by atoms with E-state index in [1.54, 1.807) is 30.3 Å². The molecule has 0 radical (unpaired) electrons.